The lowest BCUT2D eigenvalue weighted by molar-refractivity contribution is -0.139. The molecule has 37 heavy (non-hydrogen) atoms. The van der Waals surface area contributed by atoms with E-state index in [9.17, 15) is 9.59 Å². The van der Waals surface area contributed by atoms with E-state index in [4.69, 9.17) is 25.5 Å². The number of ether oxygens (including phenoxy) is 2. The first kappa shape index (κ1) is 24.8. The zero-order valence-electron chi connectivity index (χ0n) is 20.4. The molecule has 0 aliphatic carbocycles. The van der Waals surface area contributed by atoms with Gasteiger partial charge in [0.15, 0.2) is 4.80 Å². The van der Waals surface area contributed by atoms with Crippen LogP contribution in [0.3, 0.4) is 0 Å². The van der Waals surface area contributed by atoms with Crippen molar-refractivity contribution in [1.82, 2.24) is 4.57 Å². The van der Waals surface area contributed by atoms with E-state index < -0.39 is 12.0 Å². The number of thiazole rings is 1. The Balaban J connectivity index is 1.62. The third-order valence-corrected chi connectivity index (χ3v) is 7.21. The van der Waals surface area contributed by atoms with Crippen molar-refractivity contribution >= 4 is 35.0 Å². The number of aromatic nitrogens is 1. The second kappa shape index (κ2) is 10.2. The Labute approximate surface area is 221 Å². The Morgan fingerprint density at radius 1 is 1.14 bits per heavy atom. The fourth-order valence-electron chi connectivity index (χ4n) is 4.22. The van der Waals surface area contributed by atoms with Gasteiger partial charge in [-0.2, -0.15) is 0 Å². The summed E-state index contributed by atoms with van der Waals surface area (Å²) in [6.45, 7) is 3.71. The minimum absolute atomic E-state index is 0.212. The number of carbonyl (C=O) groups excluding carboxylic acids is 1. The third kappa shape index (κ3) is 4.77. The van der Waals surface area contributed by atoms with E-state index in [1.165, 1.54) is 11.3 Å². The summed E-state index contributed by atoms with van der Waals surface area (Å²) in [6, 6.07) is 17.5. The lowest BCUT2D eigenvalue weighted by Crippen LogP contribution is -2.39. The summed E-state index contributed by atoms with van der Waals surface area (Å²) in [4.78, 5) is 31.8. The molecule has 0 N–H and O–H groups in total. The van der Waals surface area contributed by atoms with Crippen molar-refractivity contribution in [2.45, 2.75) is 19.9 Å². The predicted octanol–water partition coefficient (Wildman–Crippen LogP) is 4.72. The SMILES string of the molecule is CCOC(=O)C1=C(C)N=c2s/c(=C/c3ccc(-c4ccc(Cl)cc4)o3)c(=O)n2[C@H]1c1ccc(OC)cc1. The summed E-state index contributed by atoms with van der Waals surface area (Å²) in [5.41, 5.74) is 2.18. The van der Waals surface area contributed by atoms with E-state index >= 15 is 0 Å². The van der Waals surface area contributed by atoms with Gasteiger partial charge in [-0.15, -0.1) is 0 Å². The van der Waals surface area contributed by atoms with Crippen LogP contribution >= 0.6 is 22.9 Å². The van der Waals surface area contributed by atoms with Crippen LogP contribution in [0.1, 0.15) is 31.2 Å². The van der Waals surface area contributed by atoms with Crippen LogP contribution in [0, 0.1) is 0 Å². The predicted molar refractivity (Wildman–Crippen MR) is 143 cm³/mol. The molecular formula is C28H23ClN2O5S. The maximum absolute atomic E-state index is 13.7. The third-order valence-electron chi connectivity index (χ3n) is 5.98. The number of esters is 1. The van der Waals surface area contributed by atoms with Gasteiger partial charge < -0.3 is 13.9 Å². The standard InChI is InChI=1S/C28H23ClN2O5S/c1-4-35-27(33)24-16(2)30-28-31(25(24)18-7-11-20(34-3)12-8-18)26(32)23(37-28)15-21-13-14-22(36-21)17-5-9-19(29)10-6-17/h5-15,25H,4H2,1-3H3/b23-15+/t25-/m0/s1. The summed E-state index contributed by atoms with van der Waals surface area (Å²) in [6.07, 6.45) is 1.69. The monoisotopic (exact) mass is 534 g/mol. The maximum Gasteiger partial charge on any atom is 0.338 e. The summed E-state index contributed by atoms with van der Waals surface area (Å²) in [7, 11) is 1.58. The molecule has 0 fully saturated rings. The van der Waals surface area contributed by atoms with Crippen molar-refractivity contribution in [2.24, 2.45) is 4.99 Å². The van der Waals surface area contributed by atoms with E-state index in [1.54, 1.807) is 61.9 Å². The fourth-order valence-corrected chi connectivity index (χ4v) is 5.37. The summed E-state index contributed by atoms with van der Waals surface area (Å²) >= 11 is 7.23. The molecule has 0 unspecified atom stereocenters. The second-order valence-electron chi connectivity index (χ2n) is 8.28. The minimum atomic E-state index is -0.690. The fraction of sp³-hybridized carbons (Fsp3) is 0.179. The Bertz CT molecular complexity index is 1680. The highest BCUT2D eigenvalue weighted by atomic mass is 35.5. The van der Waals surface area contributed by atoms with Crippen LogP contribution < -0.4 is 19.6 Å². The lowest BCUT2D eigenvalue weighted by atomic mass is 9.96. The molecule has 0 amide bonds. The lowest BCUT2D eigenvalue weighted by Gasteiger charge is -2.24. The molecule has 0 saturated carbocycles. The molecule has 0 bridgehead atoms. The molecule has 188 valence electrons. The van der Waals surface area contributed by atoms with E-state index in [2.05, 4.69) is 4.99 Å². The van der Waals surface area contributed by atoms with Gasteiger partial charge >= 0.3 is 5.97 Å². The van der Waals surface area contributed by atoms with Crippen molar-refractivity contribution in [2.75, 3.05) is 13.7 Å². The number of furan rings is 1. The molecule has 9 heteroatoms. The number of carbonyl (C=O) groups is 1. The molecule has 2 aromatic carbocycles. The van der Waals surface area contributed by atoms with Crippen molar-refractivity contribution < 1.29 is 18.7 Å². The van der Waals surface area contributed by atoms with Gasteiger partial charge in [0.25, 0.3) is 5.56 Å². The summed E-state index contributed by atoms with van der Waals surface area (Å²) in [5, 5.41) is 0.639. The molecule has 1 atom stereocenters. The molecule has 1 aliphatic rings. The topological polar surface area (TPSA) is 83.0 Å². The Morgan fingerprint density at radius 3 is 2.54 bits per heavy atom. The molecule has 0 saturated heterocycles. The van der Waals surface area contributed by atoms with Gasteiger partial charge in [0.2, 0.25) is 0 Å². The van der Waals surface area contributed by atoms with Crippen molar-refractivity contribution in [1.29, 1.82) is 0 Å². The van der Waals surface area contributed by atoms with Crippen LogP contribution in [0.25, 0.3) is 17.4 Å². The molecule has 0 spiro atoms. The van der Waals surface area contributed by atoms with Crippen molar-refractivity contribution in [3.8, 4) is 17.1 Å². The number of nitrogens with zero attached hydrogens (tertiary/aromatic N) is 2. The highest BCUT2D eigenvalue weighted by Gasteiger charge is 2.33. The largest absolute Gasteiger partial charge is 0.497 e. The van der Waals surface area contributed by atoms with E-state index in [-0.39, 0.29) is 12.2 Å². The Kier molecular flexibility index (Phi) is 6.86. The first-order valence-corrected chi connectivity index (χ1v) is 12.8. The average Bonchev–Trinajstić information content (AvgIpc) is 3.48. The number of fused-ring (bicyclic) bond motifs is 1. The van der Waals surface area contributed by atoms with Crippen molar-refractivity contribution in [3.05, 3.63) is 108 Å². The van der Waals surface area contributed by atoms with Crippen LogP contribution in [0.2, 0.25) is 5.02 Å². The number of rotatable bonds is 6. The second-order valence-corrected chi connectivity index (χ2v) is 9.73. The average molecular weight is 535 g/mol. The molecule has 7 nitrogen and oxygen atoms in total. The number of allylic oxidation sites excluding steroid dienone is 1. The smallest absolute Gasteiger partial charge is 0.338 e. The quantitative estimate of drug-likeness (QED) is 0.334. The Hall–Kier alpha value is -3.88. The molecular weight excluding hydrogens is 512 g/mol. The first-order chi connectivity index (χ1) is 17.9. The molecule has 2 aromatic heterocycles. The zero-order valence-corrected chi connectivity index (χ0v) is 21.9. The number of halogens is 1. The van der Waals surface area contributed by atoms with Gasteiger partial charge in [0.05, 0.1) is 35.6 Å². The van der Waals surface area contributed by atoms with Crippen LogP contribution in [0.4, 0.5) is 0 Å². The van der Waals surface area contributed by atoms with Crippen molar-refractivity contribution in [3.63, 3.8) is 0 Å². The zero-order chi connectivity index (χ0) is 26.1. The van der Waals surface area contributed by atoms with Gasteiger partial charge in [-0.25, -0.2) is 9.79 Å². The van der Waals surface area contributed by atoms with Gasteiger partial charge in [0, 0.05) is 16.7 Å². The van der Waals surface area contributed by atoms with Gasteiger partial charge in [-0.3, -0.25) is 9.36 Å². The first-order valence-electron chi connectivity index (χ1n) is 11.6. The van der Waals surface area contributed by atoms with Gasteiger partial charge in [0.1, 0.15) is 17.3 Å². The number of benzene rings is 2. The van der Waals surface area contributed by atoms with E-state index in [0.717, 1.165) is 11.1 Å². The molecule has 4 aromatic rings. The van der Waals surface area contributed by atoms with Gasteiger partial charge in [-0.05, 0) is 67.9 Å². The van der Waals surface area contributed by atoms with E-state index in [1.807, 2.05) is 30.3 Å². The molecule has 0 radical (unpaired) electrons. The number of methoxy groups -OCH3 is 1. The Morgan fingerprint density at radius 2 is 1.86 bits per heavy atom. The number of hydrogen-bond acceptors (Lipinski definition) is 7. The van der Waals surface area contributed by atoms with Crippen LogP contribution in [0.5, 0.6) is 5.75 Å². The normalized spacial score (nSPS) is 15.4. The number of hydrogen-bond donors (Lipinski definition) is 0. The van der Waals surface area contributed by atoms with E-state index in [0.29, 0.717) is 42.9 Å². The molecule has 5 rings (SSSR count). The minimum Gasteiger partial charge on any atom is -0.497 e. The summed E-state index contributed by atoms with van der Waals surface area (Å²) in [5.74, 6) is 1.35. The van der Waals surface area contributed by atoms with Gasteiger partial charge in [-0.1, -0.05) is 35.1 Å². The highest BCUT2D eigenvalue weighted by molar-refractivity contribution is 7.07. The summed E-state index contributed by atoms with van der Waals surface area (Å²) < 4.78 is 18.6. The van der Waals surface area contributed by atoms with Crippen LogP contribution in [-0.2, 0) is 9.53 Å². The molecule has 3 heterocycles. The van der Waals surface area contributed by atoms with Crippen LogP contribution in [-0.4, -0.2) is 24.3 Å². The molecule has 1 aliphatic heterocycles. The maximum atomic E-state index is 13.7. The van der Waals surface area contributed by atoms with Crippen LogP contribution in [0.15, 0.2) is 86.1 Å². The highest BCUT2D eigenvalue weighted by Crippen LogP contribution is 2.31.